The minimum Gasteiger partial charge on any atom is -0.478 e. The van der Waals surface area contributed by atoms with Gasteiger partial charge in [-0.25, -0.2) is 9.59 Å². The summed E-state index contributed by atoms with van der Waals surface area (Å²) in [5, 5.41) is 13.5. The van der Waals surface area contributed by atoms with E-state index in [2.05, 4.69) is 5.32 Å². The van der Waals surface area contributed by atoms with E-state index < -0.39 is 17.9 Å². The van der Waals surface area contributed by atoms with Crippen molar-refractivity contribution in [1.29, 1.82) is 0 Å². The quantitative estimate of drug-likeness (QED) is 0.574. The highest BCUT2D eigenvalue weighted by Crippen LogP contribution is 2.40. The van der Waals surface area contributed by atoms with E-state index in [0.717, 1.165) is 5.56 Å². The van der Waals surface area contributed by atoms with Gasteiger partial charge in [0.25, 0.3) is 0 Å². The van der Waals surface area contributed by atoms with Crippen molar-refractivity contribution >= 4 is 29.6 Å². The van der Waals surface area contributed by atoms with E-state index in [0.29, 0.717) is 28.4 Å². The summed E-state index contributed by atoms with van der Waals surface area (Å²) < 4.78 is 5.48. The normalized spacial score (nSPS) is 16.4. The van der Waals surface area contributed by atoms with Gasteiger partial charge in [0.2, 0.25) is 0 Å². The number of hydrogen-bond acceptors (Lipinski definition) is 4. The van der Waals surface area contributed by atoms with E-state index in [1.165, 1.54) is 0 Å². The molecule has 1 aliphatic rings. The summed E-state index contributed by atoms with van der Waals surface area (Å²) in [5.74, 6) is -2.43. The maximum atomic E-state index is 13.0. The van der Waals surface area contributed by atoms with Gasteiger partial charge in [0.05, 0.1) is 17.1 Å². The second kappa shape index (κ2) is 10.1. The fourth-order valence-corrected chi connectivity index (χ4v) is 3.87. The smallest absolute Gasteiger partial charge is 0.337 e. The molecule has 1 atom stereocenters. The molecule has 0 radical (unpaired) electrons. The maximum Gasteiger partial charge on any atom is 0.337 e. The van der Waals surface area contributed by atoms with Crippen molar-refractivity contribution in [1.82, 2.24) is 5.32 Å². The van der Waals surface area contributed by atoms with E-state index in [1.54, 1.807) is 37.3 Å². The molecule has 1 aliphatic heterocycles. The van der Waals surface area contributed by atoms with Crippen LogP contribution >= 0.6 is 11.6 Å². The average molecular weight is 438 g/mol. The minimum atomic E-state index is -1.09. The van der Waals surface area contributed by atoms with Crippen LogP contribution in [-0.2, 0) is 14.3 Å². The molecule has 0 aromatic heterocycles. The number of esters is 1. The number of carbonyl (C=O) groups excluding carboxylic acids is 1. The summed E-state index contributed by atoms with van der Waals surface area (Å²) in [6.45, 7) is 3.69. The van der Waals surface area contributed by atoms with E-state index >= 15 is 0 Å². The largest absolute Gasteiger partial charge is 0.478 e. The van der Waals surface area contributed by atoms with Crippen LogP contribution in [0.1, 0.15) is 37.3 Å². The molecule has 160 valence electrons. The number of carboxylic acid groups (broad SMARTS) is 1. The first-order chi connectivity index (χ1) is 14.9. The molecule has 31 heavy (non-hydrogen) atoms. The Morgan fingerprint density at radius 2 is 1.87 bits per heavy atom. The highest BCUT2D eigenvalue weighted by atomic mass is 35.5. The molecule has 0 saturated carbocycles. The second-order valence-electron chi connectivity index (χ2n) is 7.11. The average Bonchev–Trinajstić information content (AvgIpc) is 2.76. The highest BCUT2D eigenvalue weighted by molar-refractivity contribution is 6.30. The van der Waals surface area contributed by atoms with Crippen molar-refractivity contribution in [3.8, 4) is 0 Å². The van der Waals surface area contributed by atoms with Crippen molar-refractivity contribution in [2.24, 2.45) is 0 Å². The summed E-state index contributed by atoms with van der Waals surface area (Å²) in [6, 6.07) is 16.6. The van der Waals surface area contributed by atoms with Crippen LogP contribution < -0.4 is 5.32 Å². The summed E-state index contributed by atoms with van der Waals surface area (Å²) in [5.41, 5.74) is 3.16. The predicted octanol–water partition coefficient (Wildman–Crippen LogP) is 5.31. The number of rotatable bonds is 7. The minimum absolute atomic E-state index is 0.0690. The molecule has 0 aliphatic carbocycles. The Hall–Kier alpha value is -3.31. The number of hydrogen-bond donors (Lipinski definition) is 2. The Morgan fingerprint density at radius 1 is 1.13 bits per heavy atom. The van der Waals surface area contributed by atoms with Crippen LogP contribution in [0.25, 0.3) is 6.08 Å². The van der Waals surface area contributed by atoms with Gasteiger partial charge in [-0.2, -0.15) is 0 Å². The van der Waals surface area contributed by atoms with Crippen molar-refractivity contribution in [3.63, 3.8) is 0 Å². The molecule has 1 heterocycles. The van der Waals surface area contributed by atoms with Crippen LogP contribution in [0.2, 0.25) is 5.02 Å². The van der Waals surface area contributed by atoms with Gasteiger partial charge in [-0.15, -0.1) is 0 Å². The standard InChI is InChI=1S/C25H24ClNO4/c1-3-20-23(24(28)29)22(18-12-7-13-19(26)15-18)21(16(2)27-20)25(30)31-14-8-11-17-9-5-4-6-10-17/h4-13,15,22,27H,3,14H2,1-2H3,(H,28,29). The number of benzene rings is 2. The summed E-state index contributed by atoms with van der Waals surface area (Å²) in [4.78, 5) is 25.2. The zero-order chi connectivity index (χ0) is 22.4. The lowest BCUT2D eigenvalue weighted by molar-refractivity contribution is -0.138. The molecule has 2 aromatic carbocycles. The third-order valence-corrected chi connectivity index (χ3v) is 5.29. The zero-order valence-electron chi connectivity index (χ0n) is 17.4. The number of dihydropyridines is 1. The van der Waals surface area contributed by atoms with Gasteiger partial charge in [0.15, 0.2) is 0 Å². The van der Waals surface area contributed by atoms with Gasteiger partial charge in [0, 0.05) is 16.4 Å². The Morgan fingerprint density at radius 3 is 2.52 bits per heavy atom. The lowest BCUT2D eigenvalue weighted by Crippen LogP contribution is -2.32. The molecule has 0 saturated heterocycles. The van der Waals surface area contributed by atoms with Crippen LogP contribution in [0.3, 0.4) is 0 Å². The molecule has 2 aromatic rings. The van der Waals surface area contributed by atoms with Crippen molar-refractivity contribution in [2.45, 2.75) is 26.2 Å². The Balaban J connectivity index is 1.91. The molecule has 0 bridgehead atoms. The number of aliphatic carboxylic acids is 1. The van der Waals surface area contributed by atoms with Crippen LogP contribution in [0.15, 0.2) is 83.2 Å². The van der Waals surface area contributed by atoms with Gasteiger partial charge >= 0.3 is 11.9 Å². The second-order valence-corrected chi connectivity index (χ2v) is 7.55. The van der Waals surface area contributed by atoms with E-state index in [9.17, 15) is 14.7 Å². The Bertz CT molecular complexity index is 1070. The number of carboxylic acids is 1. The van der Waals surface area contributed by atoms with Gasteiger partial charge in [0.1, 0.15) is 6.61 Å². The van der Waals surface area contributed by atoms with Gasteiger partial charge < -0.3 is 15.2 Å². The summed E-state index contributed by atoms with van der Waals surface area (Å²) >= 11 is 6.17. The molecule has 0 fully saturated rings. The van der Waals surface area contributed by atoms with Crippen molar-refractivity contribution in [2.75, 3.05) is 6.61 Å². The zero-order valence-corrected chi connectivity index (χ0v) is 18.1. The molecule has 0 spiro atoms. The molecular formula is C25H24ClNO4. The molecule has 5 nitrogen and oxygen atoms in total. The molecule has 0 amide bonds. The van der Waals surface area contributed by atoms with Crippen molar-refractivity contribution < 1.29 is 19.4 Å². The lowest BCUT2D eigenvalue weighted by atomic mass is 9.80. The van der Waals surface area contributed by atoms with Crippen LogP contribution in [-0.4, -0.2) is 23.7 Å². The molecule has 2 N–H and O–H groups in total. The third kappa shape index (κ3) is 5.25. The number of halogens is 1. The van der Waals surface area contributed by atoms with E-state index in [4.69, 9.17) is 16.3 Å². The Labute approximate surface area is 186 Å². The number of ether oxygens (including phenoxy) is 1. The van der Waals surface area contributed by atoms with Crippen LogP contribution in [0.5, 0.6) is 0 Å². The van der Waals surface area contributed by atoms with Crippen molar-refractivity contribution in [3.05, 3.63) is 99.4 Å². The van der Waals surface area contributed by atoms with Crippen LogP contribution in [0, 0.1) is 0 Å². The molecule has 1 unspecified atom stereocenters. The number of nitrogens with one attached hydrogen (secondary N) is 1. The van der Waals surface area contributed by atoms with E-state index in [1.807, 2.05) is 43.3 Å². The fourth-order valence-electron chi connectivity index (χ4n) is 3.67. The van der Waals surface area contributed by atoms with Gasteiger partial charge in [-0.05, 0) is 42.7 Å². The van der Waals surface area contributed by atoms with Crippen LogP contribution in [0.4, 0.5) is 0 Å². The van der Waals surface area contributed by atoms with E-state index in [-0.39, 0.29) is 17.8 Å². The topological polar surface area (TPSA) is 75.6 Å². The first kappa shape index (κ1) is 22.4. The number of allylic oxidation sites excluding steroid dienone is 2. The Kier molecular flexibility index (Phi) is 7.32. The monoisotopic (exact) mass is 437 g/mol. The summed E-state index contributed by atoms with van der Waals surface area (Å²) in [7, 11) is 0. The van der Waals surface area contributed by atoms with Gasteiger partial charge in [-0.3, -0.25) is 0 Å². The van der Waals surface area contributed by atoms with Gasteiger partial charge in [-0.1, -0.05) is 67.1 Å². The first-order valence-electron chi connectivity index (χ1n) is 10.0. The molecular weight excluding hydrogens is 414 g/mol. The summed E-state index contributed by atoms with van der Waals surface area (Å²) in [6.07, 6.45) is 4.09. The predicted molar refractivity (Wildman–Crippen MR) is 121 cm³/mol. The first-order valence-corrected chi connectivity index (χ1v) is 10.4. The molecule has 6 heteroatoms. The lowest BCUT2D eigenvalue weighted by Gasteiger charge is -2.30. The third-order valence-electron chi connectivity index (χ3n) is 5.05. The highest BCUT2D eigenvalue weighted by Gasteiger charge is 2.37. The SMILES string of the molecule is CCC1=C(C(=O)O)C(c2cccc(Cl)c2)C(C(=O)OCC=Cc2ccccc2)=C(C)N1. The molecule has 3 rings (SSSR count). The fraction of sp³-hybridized carbons (Fsp3) is 0.200. The maximum absolute atomic E-state index is 13.0. The number of carbonyl (C=O) groups is 2.